The van der Waals surface area contributed by atoms with Crippen molar-refractivity contribution in [1.82, 2.24) is 4.98 Å². The average molecular weight is 264 g/mol. The van der Waals surface area contributed by atoms with Gasteiger partial charge in [0.2, 0.25) is 5.88 Å². The summed E-state index contributed by atoms with van der Waals surface area (Å²) in [6.45, 7) is 1.89. The Morgan fingerprint density at radius 3 is 2.72 bits per heavy atom. The highest BCUT2D eigenvalue weighted by Gasteiger charge is 2.06. The van der Waals surface area contributed by atoms with Crippen molar-refractivity contribution >= 4 is 17.6 Å². The number of halogens is 1. The zero-order valence-corrected chi connectivity index (χ0v) is 10.3. The van der Waals surface area contributed by atoms with Crippen LogP contribution in [0.3, 0.4) is 0 Å². The number of carboxylic acids is 1. The molecule has 0 aliphatic carbocycles. The molecule has 1 heterocycles. The molecule has 0 bridgehead atoms. The number of carboxylic acid groups (broad SMARTS) is 1. The molecule has 0 amide bonds. The lowest BCUT2D eigenvalue weighted by Crippen LogP contribution is -1.97. The van der Waals surface area contributed by atoms with Gasteiger partial charge in [-0.05, 0) is 30.7 Å². The minimum Gasteiger partial charge on any atom is -0.478 e. The number of aromatic carboxylic acids is 1. The third kappa shape index (κ3) is 2.78. The molecule has 0 saturated heterocycles. The van der Waals surface area contributed by atoms with Gasteiger partial charge in [-0.15, -0.1) is 0 Å². The van der Waals surface area contributed by atoms with E-state index in [0.717, 1.165) is 5.56 Å². The number of benzene rings is 1. The fraction of sp³-hybridized carbons (Fsp3) is 0.0769. The molecule has 0 aliphatic heterocycles. The van der Waals surface area contributed by atoms with Gasteiger partial charge in [0, 0.05) is 17.3 Å². The summed E-state index contributed by atoms with van der Waals surface area (Å²) >= 11 is 5.87. The molecular weight excluding hydrogens is 254 g/mol. The number of hydrogen-bond donors (Lipinski definition) is 1. The molecule has 2 aromatic rings. The van der Waals surface area contributed by atoms with E-state index in [1.54, 1.807) is 12.1 Å². The molecule has 0 atom stereocenters. The number of ether oxygens (including phenoxy) is 1. The Labute approximate surface area is 109 Å². The molecule has 0 radical (unpaired) electrons. The van der Waals surface area contributed by atoms with Crippen molar-refractivity contribution in [1.29, 1.82) is 0 Å². The van der Waals surface area contributed by atoms with Crippen molar-refractivity contribution in [2.24, 2.45) is 0 Å². The number of rotatable bonds is 3. The van der Waals surface area contributed by atoms with Crippen LogP contribution < -0.4 is 4.74 Å². The van der Waals surface area contributed by atoms with Crippen LogP contribution in [0.15, 0.2) is 36.5 Å². The number of hydrogen-bond acceptors (Lipinski definition) is 3. The van der Waals surface area contributed by atoms with Crippen molar-refractivity contribution < 1.29 is 14.6 Å². The van der Waals surface area contributed by atoms with Gasteiger partial charge < -0.3 is 9.84 Å². The molecule has 1 aromatic heterocycles. The SMILES string of the molecule is Cc1ccc(Cl)cc1Oc1ccc(C(=O)O)cn1. The van der Waals surface area contributed by atoms with Gasteiger partial charge in [-0.1, -0.05) is 17.7 Å². The molecule has 0 spiro atoms. The number of aromatic nitrogens is 1. The maximum atomic E-state index is 10.7. The second-order valence-electron chi connectivity index (χ2n) is 3.70. The third-order valence-corrected chi connectivity index (χ3v) is 2.58. The molecule has 4 nitrogen and oxygen atoms in total. The van der Waals surface area contributed by atoms with Gasteiger partial charge >= 0.3 is 5.97 Å². The Hall–Kier alpha value is -2.07. The predicted molar refractivity (Wildman–Crippen MR) is 67.5 cm³/mol. The topological polar surface area (TPSA) is 59.4 Å². The molecule has 18 heavy (non-hydrogen) atoms. The van der Waals surface area contributed by atoms with Crippen LogP contribution in [0.25, 0.3) is 0 Å². The van der Waals surface area contributed by atoms with Crippen molar-refractivity contribution in [3.63, 3.8) is 0 Å². The quantitative estimate of drug-likeness (QED) is 0.920. The fourth-order valence-corrected chi connectivity index (χ4v) is 1.53. The molecule has 1 aromatic carbocycles. The van der Waals surface area contributed by atoms with E-state index in [-0.39, 0.29) is 5.56 Å². The lowest BCUT2D eigenvalue weighted by Gasteiger charge is -2.08. The van der Waals surface area contributed by atoms with E-state index >= 15 is 0 Å². The lowest BCUT2D eigenvalue weighted by atomic mass is 10.2. The first-order valence-electron chi connectivity index (χ1n) is 5.19. The van der Waals surface area contributed by atoms with Crippen LogP contribution in [-0.4, -0.2) is 16.1 Å². The van der Waals surface area contributed by atoms with Gasteiger partial charge in [0.25, 0.3) is 0 Å². The minimum absolute atomic E-state index is 0.116. The molecule has 1 N–H and O–H groups in total. The van der Waals surface area contributed by atoms with Crippen LogP contribution in [0.4, 0.5) is 0 Å². The third-order valence-electron chi connectivity index (χ3n) is 2.35. The van der Waals surface area contributed by atoms with Gasteiger partial charge in [0.05, 0.1) is 5.56 Å². The van der Waals surface area contributed by atoms with E-state index in [0.29, 0.717) is 16.7 Å². The highest BCUT2D eigenvalue weighted by molar-refractivity contribution is 6.30. The number of aryl methyl sites for hydroxylation is 1. The Balaban J connectivity index is 2.23. The van der Waals surface area contributed by atoms with Crippen LogP contribution in [-0.2, 0) is 0 Å². The van der Waals surface area contributed by atoms with Crippen molar-refractivity contribution in [3.8, 4) is 11.6 Å². The van der Waals surface area contributed by atoms with Gasteiger partial charge in [-0.3, -0.25) is 0 Å². The van der Waals surface area contributed by atoms with Crippen LogP contribution in [0.2, 0.25) is 5.02 Å². The van der Waals surface area contributed by atoms with E-state index in [2.05, 4.69) is 4.98 Å². The molecule has 0 aliphatic rings. The molecule has 92 valence electrons. The monoisotopic (exact) mass is 263 g/mol. The first-order chi connectivity index (χ1) is 8.56. The van der Waals surface area contributed by atoms with Crippen LogP contribution in [0.1, 0.15) is 15.9 Å². The Kier molecular flexibility index (Phi) is 3.48. The summed E-state index contributed by atoms with van der Waals surface area (Å²) in [5.74, 6) is -0.101. The number of nitrogens with zero attached hydrogens (tertiary/aromatic N) is 1. The molecule has 5 heteroatoms. The van der Waals surface area contributed by atoms with Crippen molar-refractivity contribution in [3.05, 3.63) is 52.7 Å². The number of carbonyl (C=O) groups is 1. The summed E-state index contributed by atoms with van der Waals surface area (Å²) in [5, 5.41) is 9.32. The molecule has 2 rings (SSSR count). The van der Waals surface area contributed by atoms with Crippen molar-refractivity contribution in [2.75, 3.05) is 0 Å². The standard InChI is InChI=1S/C13H10ClNO3/c1-8-2-4-10(14)6-11(8)18-12-5-3-9(7-15-12)13(16)17/h2-7H,1H3,(H,16,17). The van der Waals surface area contributed by atoms with Gasteiger partial charge in [-0.25, -0.2) is 9.78 Å². The number of pyridine rings is 1. The second kappa shape index (κ2) is 5.06. The summed E-state index contributed by atoms with van der Waals surface area (Å²) in [5.41, 5.74) is 1.04. The molecule has 0 unspecified atom stereocenters. The summed E-state index contributed by atoms with van der Waals surface area (Å²) in [6, 6.07) is 8.23. The average Bonchev–Trinajstić information content (AvgIpc) is 2.34. The zero-order valence-electron chi connectivity index (χ0n) is 9.55. The summed E-state index contributed by atoms with van der Waals surface area (Å²) in [7, 11) is 0. The van der Waals surface area contributed by atoms with E-state index in [1.165, 1.54) is 18.3 Å². The fourth-order valence-electron chi connectivity index (χ4n) is 1.36. The zero-order chi connectivity index (χ0) is 13.1. The highest BCUT2D eigenvalue weighted by atomic mass is 35.5. The normalized spacial score (nSPS) is 10.1. The van der Waals surface area contributed by atoms with Crippen LogP contribution in [0.5, 0.6) is 11.6 Å². The van der Waals surface area contributed by atoms with Gasteiger partial charge in [0.15, 0.2) is 0 Å². The first kappa shape index (κ1) is 12.4. The summed E-state index contributed by atoms with van der Waals surface area (Å²) in [6.07, 6.45) is 1.25. The Morgan fingerprint density at radius 2 is 2.11 bits per heavy atom. The lowest BCUT2D eigenvalue weighted by molar-refractivity contribution is 0.0696. The van der Waals surface area contributed by atoms with E-state index in [4.69, 9.17) is 21.4 Å². The molecular formula is C13H10ClNO3. The smallest absolute Gasteiger partial charge is 0.337 e. The van der Waals surface area contributed by atoms with Crippen LogP contribution in [0, 0.1) is 6.92 Å². The first-order valence-corrected chi connectivity index (χ1v) is 5.57. The van der Waals surface area contributed by atoms with E-state index in [9.17, 15) is 4.79 Å². The Morgan fingerprint density at radius 1 is 1.33 bits per heavy atom. The van der Waals surface area contributed by atoms with Crippen LogP contribution >= 0.6 is 11.6 Å². The van der Waals surface area contributed by atoms with E-state index < -0.39 is 5.97 Å². The maximum Gasteiger partial charge on any atom is 0.337 e. The minimum atomic E-state index is -1.02. The largest absolute Gasteiger partial charge is 0.478 e. The molecule has 0 saturated carbocycles. The Bertz CT molecular complexity index is 581. The predicted octanol–water partition coefficient (Wildman–Crippen LogP) is 3.53. The van der Waals surface area contributed by atoms with E-state index in [1.807, 2.05) is 13.0 Å². The summed E-state index contributed by atoms with van der Waals surface area (Å²) in [4.78, 5) is 14.6. The van der Waals surface area contributed by atoms with Crippen molar-refractivity contribution in [2.45, 2.75) is 6.92 Å². The van der Waals surface area contributed by atoms with Gasteiger partial charge in [0.1, 0.15) is 5.75 Å². The molecule has 0 fully saturated rings. The van der Waals surface area contributed by atoms with Gasteiger partial charge in [-0.2, -0.15) is 0 Å². The second-order valence-corrected chi connectivity index (χ2v) is 4.14. The highest BCUT2D eigenvalue weighted by Crippen LogP contribution is 2.26. The maximum absolute atomic E-state index is 10.7. The summed E-state index contributed by atoms with van der Waals surface area (Å²) < 4.78 is 5.54.